The average Bonchev–Trinajstić information content (AvgIpc) is 2.43. The van der Waals surface area contributed by atoms with Gasteiger partial charge in [0.1, 0.15) is 6.61 Å². The SMILES string of the molecule is CC(C#N)CNC(=O)C1COc2ccccc2O1. The van der Waals surface area contributed by atoms with Crippen molar-refractivity contribution in [2.45, 2.75) is 13.0 Å². The summed E-state index contributed by atoms with van der Waals surface area (Å²) < 4.78 is 11.0. The maximum absolute atomic E-state index is 11.8. The predicted octanol–water partition coefficient (Wildman–Crippen LogP) is 1.10. The van der Waals surface area contributed by atoms with E-state index in [1.54, 1.807) is 19.1 Å². The molecule has 0 saturated carbocycles. The fourth-order valence-corrected chi connectivity index (χ4v) is 1.56. The number of hydrogen-bond donors (Lipinski definition) is 1. The van der Waals surface area contributed by atoms with Crippen molar-refractivity contribution in [3.63, 3.8) is 0 Å². The number of ether oxygens (including phenoxy) is 2. The van der Waals surface area contributed by atoms with Gasteiger partial charge in [-0.2, -0.15) is 5.26 Å². The van der Waals surface area contributed by atoms with E-state index in [0.29, 0.717) is 18.0 Å². The number of fused-ring (bicyclic) bond motifs is 1. The lowest BCUT2D eigenvalue weighted by Gasteiger charge is -2.25. The third-order valence-corrected chi connectivity index (χ3v) is 2.60. The number of carbonyl (C=O) groups excluding carboxylic acids is 1. The summed E-state index contributed by atoms with van der Waals surface area (Å²) in [5.41, 5.74) is 0. The Morgan fingerprint density at radius 2 is 2.28 bits per heavy atom. The van der Waals surface area contributed by atoms with Gasteiger partial charge in [-0.15, -0.1) is 0 Å². The molecule has 1 amide bonds. The molecule has 1 aliphatic rings. The molecule has 1 aromatic carbocycles. The monoisotopic (exact) mass is 246 g/mol. The number of rotatable bonds is 3. The molecule has 0 fully saturated rings. The number of nitrogens with zero attached hydrogens (tertiary/aromatic N) is 1. The Labute approximate surface area is 105 Å². The minimum Gasteiger partial charge on any atom is -0.485 e. The number of hydrogen-bond acceptors (Lipinski definition) is 4. The molecule has 1 heterocycles. The van der Waals surface area contributed by atoms with Gasteiger partial charge in [-0.3, -0.25) is 4.79 Å². The largest absolute Gasteiger partial charge is 0.485 e. The zero-order chi connectivity index (χ0) is 13.0. The lowest BCUT2D eigenvalue weighted by Crippen LogP contribution is -2.45. The van der Waals surface area contributed by atoms with Gasteiger partial charge in [0.2, 0.25) is 6.10 Å². The minimum atomic E-state index is -0.661. The second-order valence-electron chi connectivity index (χ2n) is 4.14. The Kier molecular flexibility index (Phi) is 3.68. The van der Waals surface area contributed by atoms with Gasteiger partial charge in [0.15, 0.2) is 11.5 Å². The predicted molar refractivity (Wildman–Crippen MR) is 64.1 cm³/mol. The van der Waals surface area contributed by atoms with Crippen LogP contribution in [0, 0.1) is 17.2 Å². The fraction of sp³-hybridized carbons (Fsp3) is 0.385. The summed E-state index contributed by atoms with van der Waals surface area (Å²) in [7, 11) is 0. The van der Waals surface area contributed by atoms with E-state index < -0.39 is 6.10 Å². The first kappa shape index (κ1) is 12.2. The number of amides is 1. The van der Waals surface area contributed by atoms with E-state index >= 15 is 0 Å². The van der Waals surface area contributed by atoms with E-state index in [4.69, 9.17) is 14.7 Å². The first-order chi connectivity index (χ1) is 8.70. The topological polar surface area (TPSA) is 71.4 Å². The Morgan fingerprint density at radius 1 is 1.56 bits per heavy atom. The van der Waals surface area contributed by atoms with Gasteiger partial charge in [0, 0.05) is 6.54 Å². The smallest absolute Gasteiger partial charge is 0.264 e. The van der Waals surface area contributed by atoms with Crippen LogP contribution in [-0.2, 0) is 4.79 Å². The average molecular weight is 246 g/mol. The van der Waals surface area contributed by atoms with Crippen molar-refractivity contribution in [1.29, 1.82) is 5.26 Å². The molecule has 0 radical (unpaired) electrons. The molecule has 5 heteroatoms. The van der Waals surface area contributed by atoms with Gasteiger partial charge in [-0.1, -0.05) is 12.1 Å². The maximum Gasteiger partial charge on any atom is 0.264 e. The summed E-state index contributed by atoms with van der Waals surface area (Å²) in [6.45, 7) is 2.24. The number of nitrogens with one attached hydrogen (secondary N) is 1. The number of para-hydroxylation sites is 2. The summed E-state index contributed by atoms with van der Waals surface area (Å²) in [5.74, 6) is 0.738. The molecular weight excluding hydrogens is 232 g/mol. The Balaban J connectivity index is 1.93. The standard InChI is InChI=1S/C13H14N2O3/c1-9(6-14)7-15-13(16)12-8-17-10-4-2-3-5-11(10)18-12/h2-5,9,12H,7-8H2,1H3,(H,15,16). The highest BCUT2D eigenvalue weighted by atomic mass is 16.6. The first-order valence-corrected chi connectivity index (χ1v) is 5.76. The zero-order valence-corrected chi connectivity index (χ0v) is 10.1. The molecule has 0 spiro atoms. The van der Waals surface area contributed by atoms with Crippen LogP contribution in [0.1, 0.15) is 6.92 Å². The van der Waals surface area contributed by atoms with Crippen molar-refractivity contribution >= 4 is 5.91 Å². The van der Waals surface area contributed by atoms with Gasteiger partial charge in [0.05, 0.1) is 12.0 Å². The Bertz CT molecular complexity index is 481. The number of carbonyl (C=O) groups is 1. The van der Waals surface area contributed by atoms with Crippen LogP contribution in [0.5, 0.6) is 11.5 Å². The Morgan fingerprint density at radius 3 is 3.00 bits per heavy atom. The van der Waals surface area contributed by atoms with Gasteiger partial charge < -0.3 is 14.8 Å². The molecule has 94 valence electrons. The van der Waals surface area contributed by atoms with Crippen LogP contribution < -0.4 is 14.8 Å². The van der Waals surface area contributed by atoms with Crippen molar-refractivity contribution in [3.05, 3.63) is 24.3 Å². The van der Waals surface area contributed by atoms with Crippen LogP contribution in [0.25, 0.3) is 0 Å². The van der Waals surface area contributed by atoms with Crippen molar-refractivity contribution in [1.82, 2.24) is 5.32 Å². The van der Waals surface area contributed by atoms with E-state index in [2.05, 4.69) is 11.4 Å². The van der Waals surface area contributed by atoms with E-state index in [-0.39, 0.29) is 18.4 Å². The third kappa shape index (κ3) is 2.72. The molecule has 2 atom stereocenters. The first-order valence-electron chi connectivity index (χ1n) is 5.76. The van der Waals surface area contributed by atoms with Crippen molar-refractivity contribution in [3.8, 4) is 17.6 Å². The zero-order valence-electron chi connectivity index (χ0n) is 10.1. The molecule has 0 aliphatic carbocycles. The van der Waals surface area contributed by atoms with Crippen molar-refractivity contribution < 1.29 is 14.3 Å². The van der Waals surface area contributed by atoms with Gasteiger partial charge in [0.25, 0.3) is 5.91 Å². The molecular formula is C13H14N2O3. The van der Waals surface area contributed by atoms with Crippen LogP contribution >= 0.6 is 0 Å². The van der Waals surface area contributed by atoms with Gasteiger partial charge >= 0.3 is 0 Å². The molecule has 2 unspecified atom stereocenters. The fourth-order valence-electron chi connectivity index (χ4n) is 1.56. The van der Waals surface area contributed by atoms with Crippen LogP contribution in [-0.4, -0.2) is 25.2 Å². The normalized spacial score (nSPS) is 18.6. The van der Waals surface area contributed by atoms with Gasteiger partial charge in [-0.05, 0) is 19.1 Å². The van der Waals surface area contributed by atoms with Crippen LogP contribution in [0.4, 0.5) is 0 Å². The molecule has 0 aromatic heterocycles. The quantitative estimate of drug-likeness (QED) is 0.867. The van der Waals surface area contributed by atoms with Crippen LogP contribution in [0.3, 0.4) is 0 Å². The maximum atomic E-state index is 11.8. The second-order valence-corrected chi connectivity index (χ2v) is 4.14. The van der Waals surface area contributed by atoms with Crippen molar-refractivity contribution in [2.75, 3.05) is 13.2 Å². The summed E-state index contributed by atoms with van der Waals surface area (Å²) in [6.07, 6.45) is -0.661. The minimum absolute atomic E-state index is 0.184. The number of nitriles is 1. The molecule has 1 aromatic rings. The van der Waals surface area contributed by atoms with Crippen LogP contribution in [0.15, 0.2) is 24.3 Å². The molecule has 18 heavy (non-hydrogen) atoms. The summed E-state index contributed by atoms with van der Waals surface area (Å²) in [4.78, 5) is 11.8. The summed E-state index contributed by atoms with van der Waals surface area (Å²) >= 11 is 0. The molecule has 0 bridgehead atoms. The highest BCUT2D eigenvalue weighted by Gasteiger charge is 2.27. The van der Waals surface area contributed by atoms with E-state index in [9.17, 15) is 4.79 Å². The molecule has 5 nitrogen and oxygen atoms in total. The number of benzene rings is 1. The summed E-state index contributed by atoms with van der Waals surface area (Å²) in [6, 6.07) is 9.27. The molecule has 0 saturated heterocycles. The van der Waals surface area contributed by atoms with Gasteiger partial charge in [-0.25, -0.2) is 0 Å². The lowest BCUT2D eigenvalue weighted by molar-refractivity contribution is -0.130. The van der Waals surface area contributed by atoms with E-state index in [1.165, 1.54) is 0 Å². The second kappa shape index (κ2) is 5.41. The van der Waals surface area contributed by atoms with Crippen LogP contribution in [0.2, 0.25) is 0 Å². The highest BCUT2D eigenvalue weighted by Crippen LogP contribution is 2.30. The molecule has 2 rings (SSSR count). The third-order valence-electron chi connectivity index (χ3n) is 2.60. The lowest BCUT2D eigenvalue weighted by atomic mass is 10.2. The highest BCUT2D eigenvalue weighted by molar-refractivity contribution is 5.81. The van der Waals surface area contributed by atoms with E-state index in [1.807, 2.05) is 12.1 Å². The molecule has 1 N–H and O–H groups in total. The molecule has 1 aliphatic heterocycles. The summed E-state index contributed by atoms with van der Waals surface area (Å²) in [5, 5.41) is 11.3. The van der Waals surface area contributed by atoms with E-state index in [0.717, 1.165) is 0 Å². The van der Waals surface area contributed by atoms with Crippen molar-refractivity contribution in [2.24, 2.45) is 5.92 Å². The Hall–Kier alpha value is -2.22.